The lowest BCUT2D eigenvalue weighted by atomic mass is 10.1. The summed E-state index contributed by atoms with van der Waals surface area (Å²) in [7, 11) is 0. The first kappa shape index (κ1) is 14.3. The Labute approximate surface area is 120 Å². The first-order chi connectivity index (χ1) is 8.90. The second-order valence-electron chi connectivity index (χ2n) is 4.63. The molecular weight excluding hydrogens is 289 g/mol. The zero-order valence-corrected chi connectivity index (χ0v) is 11.8. The maximum Gasteiger partial charge on any atom is 0.232 e. The minimum atomic E-state index is -1.01. The summed E-state index contributed by atoms with van der Waals surface area (Å²) in [6.45, 7) is 1.62. The number of halogens is 2. The van der Waals surface area contributed by atoms with Gasteiger partial charge in [-0.1, -0.05) is 36.2 Å². The van der Waals surface area contributed by atoms with Crippen molar-refractivity contribution in [2.75, 3.05) is 6.54 Å². The molecule has 0 aliphatic carbocycles. The van der Waals surface area contributed by atoms with Crippen LogP contribution >= 0.6 is 23.2 Å². The lowest BCUT2D eigenvalue weighted by Crippen LogP contribution is -2.34. The summed E-state index contributed by atoms with van der Waals surface area (Å²) in [5.41, 5.74) is 0.450. The number of rotatable bonds is 3. The van der Waals surface area contributed by atoms with E-state index < -0.39 is 6.10 Å². The fourth-order valence-corrected chi connectivity index (χ4v) is 2.62. The van der Waals surface area contributed by atoms with Crippen LogP contribution in [0.2, 0.25) is 10.0 Å². The molecule has 1 aliphatic heterocycles. The first-order valence-electron chi connectivity index (χ1n) is 5.87. The second kappa shape index (κ2) is 5.49. The van der Waals surface area contributed by atoms with Crippen molar-refractivity contribution >= 4 is 35.0 Å². The molecule has 0 aromatic heterocycles. The summed E-state index contributed by atoms with van der Waals surface area (Å²) >= 11 is 11.8. The van der Waals surface area contributed by atoms with Crippen LogP contribution in [0.3, 0.4) is 0 Å². The number of hydrogen-bond donors (Lipinski definition) is 1. The van der Waals surface area contributed by atoms with Crippen LogP contribution in [0.4, 0.5) is 0 Å². The van der Waals surface area contributed by atoms with E-state index in [4.69, 9.17) is 23.2 Å². The molecule has 2 atom stereocenters. The third kappa shape index (κ3) is 2.91. The molecule has 1 aliphatic rings. The molecule has 0 bridgehead atoms. The van der Waals surface area contributed by atoms with Crippen molar-refractivity contribution < 1.29 is 14.7 Å². The lowest BCUT2D eigenvalue weighted by molar-refractivity contribution is -0.140. The number of benzene rings is 1. The van der Waals surface area contributed by atoms with Gasteiger partial charge >= 0.3 is 0 Å². The molecule has 2 rings (SSSR count). The van der Waals surface area contributed by atoms with E-state index in [0.717, 1.165) is 4.90 Å². The number of aliphatic hydroxyl groups is 1. The molecule has 0 spiro atoms. The fourth-order valence-electron chi connectivity index (χ4n) is 2.08. The zero-order chi connectivity index (χ0) is 14.2. The molecule has 2 amide bonds. The third-order valence-corrected chi connectivity index (χ3v) is 3.71. The highest BCUT2D eigenvalue weighted by Crippen LogP contribution is 2.28. The van der Waals surface area contributed by atoms with E-state index in [2.05, 4.69) is 0 Å². The van der Waals surface area contributed by atoms with Crippen LogP contribution in [0.5, 0.6) is 0 Å². The molecule has 1 saturated heterocycles. The molecule has 102 valence electrons. The Morgan fingerprint density at radius 1 is 1.42 bits per heavy atom. The number of nitrogens with zero attached hydrogens (tertiary/aromatic N) is 1. The molecule has 1 aromatic rings. The Morgan fingerprint density at radius 2 is 2.11 bits per heavy atom. The number of aliphatic hydroxyl groups excluding tert-OH is 1. The fraction of sp³-hybridized carbons (Fsp3) is 0.385. The Morgan fingerprint density at radius 3 is 2.63 bits per heavy atom. The van der Waals surface area contributed by atoms with Gasteiger partial charge in [-0.15, -0.1) is 0 Å². The van der Waals surface area contributed by atoms with Crippen LogP contribution in [-0.4, -0.2) is 28.4 Å². The number of carbonyl (C=O) groups is 2. The van der Waals surface area contributed by atoms with Gasteiger partial charge in [-0.05, 0) is 12.1 Å². The quantitative estimate of drug-likeness (QED) is 0.872. The molecule has 6 heteroatoms. The average molecular weight is 302 g/mol. The summed E-state index contributed by atoms with van der Waals surface area (Å²) in [6, 6.07) is 4.70. The van der Waals surface area contributed by atoms with E-state index in [9.17, 15) is 14.7 Å². The molecule has 1 aromatic carbocycles. The van der Waals surface area contributed by atoms with E-state index in [1.54, 1.807) is 19.1 Å². The largest absolute Gasteiger partial charge is 0.386 e. The number of hydrogen-bond acceptors (Lipinski definition) is 3. The van der Waals surface area contributed by atoms with Gasteiger partial charge < -0.3 is 5.11 Å². The van der Waals surface area contributed by atoms with E-state index in [1.165, 1.54) is 6.07 Å². The highest BCUT2D eigenvalue weighted by molar-refractivity contribution is 6.35. The van der Waals surface area contributed by atoms with Crippen molar-refractivity contribution in [1.29, 1.82) is 0 Å². The summed E-state index contributed by atoms with van der Waals surface area (Å²) < 4.78 is 0. The molecule has 0 saturated carbocycles. The number of likely N-dealkylation sites (tertiary alicyclic amines) is 1. The van der Waals surface area contributed by atoms with E-state index in [0.29, 0.717) is 15.6 Å². The van der Waals surface area contributed by atoms with E-state index in [1.807, 2.05) is 0 Å². The number of imide groups is 1. The number of β-amino-alcohol motifs (C(OH)–C–C–N with tert-alkyl or cyclic N) is 1. The van der Waals surface area contributed by atoms with Crippen molar-refractivity contribution in [1.82, 2.24) is 4.90 Å². The van der Waals surface area contributed by atoms with Gasteiger partial charge in [0, 0.05) is 27.9 Å². The van der Waals surface area contributed by atoms with Gasteiger partial charge in [-0.25, -0.2) is 0 Å². The summed E-state index contributed by atoms with van der Waals surface area (Å²) in [6.07, 6.45) is -0.817. The molecule has 0 radical (unpaired) electrons. The van der Waals surface area contributed by atoms with Gasteiger partial charge in [-0.3, -0.25) is 14.5 Å². The summed E-state index contributed by atoms with van der Waals surface area (Å²) in [5.74, 6) is -0.837. The van der Waals surface area contributed by atoms with E-state index in [-0.39, 0.29) is 30.7 Å². The zero-order valence-electron chi connectivity index (χ0n) is 10.3. The molecule has 1 fully saturated rings. The van der Waals surface area contributed by atoms with Crippen LogP contribution in [-0.2, 0) is 9.59 Å². The van der Waals surface area contributed by atoms with Crippen molar-refractivity contribution in [3.8, 4) is 0 Å². The van der Waals surface area contributed by atoms with Crippen molar-refractivity contribution in [3.05, 3.63) is 33.8 Å². The molecule has 1 N–H and O–H groups in total. The first-order valence-corrected chi connectivity index (χ1v) is 6.63. The van der Waals surface area contributed by atoms with Crippen LogP contribution in [0.25, 0.3) is 0 Å². The maximum atomic E-state index is 11.8. The Kier molecular flexibility index (Phi) is 4.13. The maximum absolute atomic E-state index is 11.8. The highest BCUT2D eigenvalue weighted by atomic mass is 35.5. The van der Waals surface area contributed by atoms with Gasteiger partial charge in [0.1, 0.15) is 0 Å². The van der Waals surface area contributed by atoms with Crippen molar-refractivity contribution in [2.45, 2.75) is 19.4 Å². The van der Waals surface area contributed by atoms with Gasteiger partial charge in [0.05, 0.1) is 12.6 Å². The molecule has 1 heterocycles. The Bertz CT molecular complexity index is 533. The second-order valence-corrected chi connectivity index (χ2v) is 5.47. The predicted molar refractivity (Wildman–Crippen MR) is 71.9 cm³/mol. The summed E-state index contributed by atoms with van der Waals surface area (Å²) in [4.78, 5) is 24.5. The SMILES string of the molecule is CC1CC(=O)N(CC(O)c2ccc(Cl)cc2Cl)C1=O. The number of carbonyl (C=O) groups excluding carboxylic acids is 2. The smallest absolute Gasteiger partial charge is 0.232 e. The lowest BCUT2D eigenvalue weighted by Gasteiger charge is -2.20. The minimum Gasteiger partial charge on any atom is -0.386 e. The van der Waals surface area contributed by atoms with Crippen LogP contribution < -0.4 is 0 Å². The van der Waals surface area contributed by atoms with Crippen molar-refractivity contribution in [2.24, 2.45) is 5.92 Å². The third-order valence-electron chi connectivity index (χ3n) is 3.15. The number of amides is 2. The van der Waals surface area contributed by atoms with Crippen LogP contribution in [0, 0.1) is 5.92 Å². The summed E-state index contributed by atoms with van der Waals surface area (Å²) in [5, 5.41) is 10.9. The highest BCUT2D eigenvalue weighted by Gasteiger charge is 2.36. The standard InChI is InChI=1S/C13H13Cl2NO3/c1-7-4-12(18)16(13(7)19)6-11(17)9-3-2-8(14)5-10(9)15/h2-3,5,7,11,17H,4,6H2,1H3. The van der Waals surface area contributed by atoms with Crippen molar-refractivity contribution in [3.63, 3.8) is 0 Å². The van der Waals surface area contributed by atoms with Crippen LogP contribution in [0.1, 0.15) is 25.0 Å². The Balaban J connectivity index is 2.15. The predicted octanol–water partition coefficient (Wildman–Crippen LogP) is 2.42. The van der Waals surface area contributed by atoms with Gasteiger partial charge in [0.25, 0.3) is 0 Å². The molecular formula is C13H13Cl2NO3. The molecule has 4 nitrogen and oxygen atoms in total. The Hall–Kier alpha value is -1.10. The average Bonchev–Trinajstić information content (AvgIpc) is 2.56. The van der Waals surface area contributed by atoms with Gasteiger partial charge in [-0.2, -0.15) is 0 Å². The normalized spacial score (nSPS) is 21.1. The minimum absolute atomic E-state index is 0.0800. The van der Waals surface area contributed by atoms with Gasteiger partial charge in [0.2, 0.25) is 11.8 Å². The van der Waals surface area contributed by atoms with Gasteiger partial charge in [0.15, 0.2) is 0 Å². The van der Waals surface area contributed by atoms with Crippen LogP contribution in [0.15, 0.2) is 18.2 Å². The monoisotopic (exact) mass is 301 g/mol. The molecule has 19 heavy (non-hydrogen) atoms. The molecule has 2 unspecified atom stereocenters. The van der Waals surface area contributed by atoms with E-state index >= 15 is 0 Å². The topological polar surface area (TPSA) is 57.6 Å².